The summed E-state index contributed by atoms with van der Waals surface area (Å²) in [5.74, 6) is 1.36. The Balaban J connectivity index is 1.24. The zero-order chi connectivity index (χ0) is 36.3. The number of hydrogen-bond donors (Lipinski definition) is 0. The predicted octanol–water partition coefficient (Wildman–Crippen LogP) is 13.9. The van der Waals surface area contributed by atoms with Crippen LogP contribution in [0.25, 0.3) is 21.6 Å². The molecule has 52 heavy (non-hydrogen) atoms. The number of nitrogens with zero attached hydrogens (tertiary/aromatic N) is 5. The maximum atomic E-state index is 8.46. The number of hydrogen-bond acceptors (Lipinski definition) is 4. The van der Waals surface area contributed by atoms with Crippen LogP contribution in [0.1, 0.15) is 55.7 Å². The summed E-state index contributed by atoms with van der Waals surface area (Å²) < 4.78 is 5.95. The van der Waals surface area contributed by atoms with Crippen molar-refractivity contribution in [2.24, 2.45) is 5.11 Å². The Kier molecular flexibility index (Phi) is 11.9. The molecule has 6 aromatic rings. The van der Waals surface area contributed by atoms with Crippen molar-refractivity contribution in [1.29, 1.82) is 0 Å². The van der Waals surface area contributed by atoms with E-state index in [2.05, 4.69) is 181 Å². The van der Waals surface area contributed by atoms with Gasteiger partial charge < -0.3 is 14.5 Å². The van der Waals surface area contributed by atoms with Crippen LogP contribution in [-0.2, 0) is 0 Å². The molecule has 262 valence electrons. The van der Waals surface area contributed by atoms with Gasteiger partial charge in [-0.05, 0) is 146 Å². The first-order chi connectivity index (χ1) is 25.4. The van der Waals surface area contributed by atoms with Crippen LogP contribution >= 0.6 is 0 Å². The van der Waals surface area contributed by atoms with E-state index in [1.807, 2.05) is 12.1 Å². The lowest BCUT2D eigenvalue weighted by molar-refractivity contribution is 0.308. The highest BCUT2D eigenvalue weighted by molar-refractivity contribution is 5.81. The number of unbranched alkanes of at least 4 members (excludes halogenated alkanes) is 1. The minimum atomic E-state index is 0.495. The van der Waals surface area contributed by atoms with E-state index in [4.69, 9.17) is 10.3 Å². The highest BCUT2D eigenvalue weighted by Gasteiger charge is 2.16. The molecule has 0 bridgehead atoms. The van der Waals surface area contributed by atoms with Gasteiger partial charge in [0.25, 0.3) is 0 Å². The van der Waals surface area contributed by atoms with Crippen LogP contribution < -0.4 is 14.5 Å². The second kappa shape index (κ2) is 17.3. The molecule has 0 saturated carbocycles. The molecule has 0 heterocycles. The van der Waals surface area contributed by atoms with Gasteiger partial charge in [-0.15, -0.1) is 0 Å². The van der Waals surface area contributed by atoms with E-state index in [0.29, 0.717) is 19.1 Å². The fraction of sp³-hybridized carbons (Fsp3) is 0.217. The lowest BCUT2D eigenvalue weighted by atomic mass is 9.98. The van der Waals surface area contributed by atoms with Gasteiger partial charge in [-0.25, -0.2) is 0 Å². The van der Waals surface area contributed by atoms with Gasteiger partial charge in [0.05, 0.1) is 6.61 Å². The van der Waals surface area contributed by atoms with Crippen LogP contribution in [0.15, 0.2) is 151 Å². The van der Waals surface area contributed by atoms with Crippen molar-refractivity contribution in [3.63, 3.8) is 0 Å². The molecule has 0 fully saturated rings. The molecular weight excluding hydrogens is 639 g/mol. The minimum absolute atomic E-state index is 0.495. The van der Waals surface area contributed by atoms with Crippen LogP contribution in [0.5, 0.6) is 5.75 Å². The molecule has 0 aromatic heterocycles. The first-order valence-corrected chi connectivity index (χ1v) is 18.2. The third-order valence-electron chi connectivity index (χ3n) is 9.58. The Morgan fingerprint density at radius 3 is 1.35 bits per heavy atom. The predicted molar refractivity (Wildman–Crippen MR) is 218 cm³/mol. The SMILES string of the molecule is CCC(C)c1ccc(N(c2ccc(C)cc2)c2ccc(-c3ccc(N(c4ccc(C)cc4)c4ccc(OCCCCN=[N+]=[N-])cc4)cc3)cc2)cc1. The lowest BCUT2D eigenvalue weighted by Gasteiger charge is -2.27. The number of anilines is 6. The molecule has 0 N–H and O–H groups in total. The van der Waals surface area contributed by atoms with Gasteiger partial charge in [0.15, 0.2) is 0 Å². The summed E-state index contributed by atoms with van der Waals surface area (Å²) in [7, 11) is 0. The average Bonchev–Trinajstić information content (AvgIpc) is 3.19. The van der Waals surface area contributed by atoms with Crippen LogP contribution in [0.2, 0.25) is 0 Å². The van der Waals surface area contributed by atoms with Crippen molar-refractivity contribution in [2.45, 2.75) is 52.9 Å². The van der Waals surface area contributed by atoms with E-state index in [1.54, 1.807) is 0 Å². The minimum Gasteiger partial charge on any atom is -0.494 e. The molecule has 0 amide bonds. The summed E-state index contributed by atoms with van der Waals surface area (Å²) in [5, 5.41) is 3.59. The van der Waals surface area contributed by atoms with Crippen molar-refractivity contribution in [2.75, 3.05) is 23.0 Å². The summed E-state index contributed by atoms with van der Waals surface area (Å²) in [4.78, 5) is 7.40. The summed E-state index contributed by atoms with van der Waals surface area (Å²) in [5.41, 5.74) is 21.2. The van der Waals surface area contributed by atoms with E-state index >= 15 is 0 Å². The van der Waals surface area contributed by atoms with Gasteiger partial charge in [0, 0.05) is 45.6 Å². The Labute approximate surface area is 308 Å². The number of azide groups is 1. The molecule has 6 heteroatoms. The second-order valence-corrected chi connectivity index (χ2v) is 13.3. The van der Waals surface area contributed by atoms with Gasteiger partial charge in [0.2, 0.25) is 0 Å². The maximum Gasteiger partial charge on any atom is 0.119 e. The van der Waals surface area contributed by atoms with E-state index in [-0.39, 0.29) is 0 Å². The summed E-state index contributed by atoms with van der Waals surface area (Å²) in [6.45, 7) is 9.84. The van der Waals surface area contributed by atoms with Crippen LogP contribution in [0, 0.1) is 13.8 Å². The Morgan fingerprint density at radius 2 is 0.942 bits per heavy atom. The summed E-state index contributed by atoms with van der Waals surface area (Å²) >= 11 is 0. The summed E-state index contributed by atoms with van der Waals surface area (Å²) in [6, 6.07) is 52.2. The van der Waals surface area contributed by atoms with Gasteiger partial charge >= 0.3 is 0 Å². The van der Waals surface area contributed by atoms with Crippen molar-refractivity contribution in [1.82, 2.24) is 0 Å². The zero-order valence-corrected chi connectivity index (χ0v) is 30.6. The Morgan fingerprint density at radius 1 is 0.558 bits per heavy atom. The van der Waals surface area contributed by atoms with Crippen molar-refractivity contribution in [3.8, 4) is 16.9 Å². The quantitative estimate of drug-likeness (QED) is 0.0468. The lowest BCUT2D eigenvalue weighted by Crippen LogP contribution is -2.10. The molecule has 1 unspecified atom stereocenters. The number of rotatable bonds is 15. The molecule has 6 nitrogen and oxygen atoms in total. The first-order valence-electron chi connectivity index (χ1n) is 18.2. The molecular formula is C46H47N5O. The molecule has 0 saturated heterocycles. The standard InChI is InChI=1S/C46H47N5O/c1-5-36(4)37-12-22-42(23-13-37)50(40-18-8-34(2)9-19-40)43-24-14-38(15-25-43)39-16-26-44(27-17-39)51(41-20-10-35(3)11-21-41)45-28-30-46(31-29-45)52-33-7-6-32-48-49-47/h8-31,36H,5-7,32-33H2,1-4H3. The number of benzene rings is 6. The summed E-state index contributed by atoms with van der Waals surface area (Å²) in [6.07, 6.45) is 2.77. The van der Waals surface area contributed by atoms with E-state index in [9.17, 15) is 0 Å². The zero-order valence-electron chi connectivity index (χ0n) is 30.6. The van der Waals surface area contributed by atoms with E-state index < -0.39 is 0 Å². The number of aryl methyl sites for hydroxylation is 2. The maximum absolute atomic E-state index is 8.46. The fourth-order valence-corrected chi connectivity index (χ4v) is 6.29. The number of ether oxygens (including phenoxy) is 1. The van der Waals surface area contributed by atoms with Gasteiger partial charge in [-0.2, -0.15) is 0 Å². The fourth-order valence-electron chi connectivity index (χ4n) is 6.29. The normalized spacial score (nSPS) is 11.4. The third-order valence-corrected chi connectivity index (χ3v) is 9.58. The smallest absolute Gasteiger partial charge is 0.119 e. The van der Waals surface area contributed by atoms with Crippen LogP contribution in [0.3, 0.4) is 0 Å². The molecule has 0 spiro atoms. The second-order valence-electron chi connectivity index (χ2n) is 13.3. The van der Waals surface area contributed by atoms with Crippen LogP contribution in [0.4, 0.5) is 34.1 Å². The molecule has 0 aliphatic rings. The van der Waals surface area contributed by atoms with Gasteiger partial charge in [0.1, 0.15) is 5.75 Å². The van der Waals surface area contributed by atoms with Crippen LogP contribution in [-0.4, -0.2) is 13.2 Å². The highest BCUT2D eigenvalue weighted by Crippen LogP contribution is 2.39. The molecule has 0 aliphatic carbocycles. The largest absolute Gasteiger partial charge is 0.494 e. The third kappa shape index (κ3) is 8.84. The van der Waals surface area contributed by atoms with Crippen molar-refractivity contribution >= 4 is 34.1 Å². The van der Waals surface area contributed by atoms with E-state index in [1.165, 1.54) is 16.7 Å². The van der Waals surface area contributed by atoms with Crippen molar-refractivity contribution in [3.05, 3.63) is 173 Å². The Hall–Kier alpha value is -5.97. The molecule has 1 atom stereocenters. The Bertz CT molecular complexity index is 2050. The highest BCUT2D eigenvalue weighted by atomic mass is 16.5. The van der Waals surface area contributed by atoms with Crippen molar-refractivity contribution < 1.29 is 4.74 Å². The van der Waals surface area contributed by atoms with Gasteiger partial charge in [-0.1, -0.05) is 90.8 Å². The molecule has 6 rings (SSSR count). The molecule has 6 aromatic carbocycles. The first kappa shape index (κ1) is 35.8. The average molecular weight is 686 g/mol. The topological polar surface area (TPSA) is 64.5 Å². The van der Waals surface area contributed by atoms with Gasteiger partial charge in [-0.3, -0.25) is 0 Å². The van der Waals surface area contributed by atoms with E-state index in [0.717, 1.165) is 70.3 Å². The monoisotopic (exact) mass is 685 g/mol. The molecule has 0 aliphatic heterocycles. The molecule has 0 radical (unpaired) electrons.